The number of benzene rings is 1. The average Bonchev–Trinajstić information content (AvgIpc) is 2.29. The van der Waals surface area contributed by atoms with Crippen LogP contribution in [-0.4, -0.2) is 4.75 Å². The van der Waals surface area contributed by atoms with Gasteiger partial charge in [-0.1, -0.05) is 31.4 Å². The summed E-state index contributed by atoms with van der Waals surface area (Å²) in [7, 11) is 0. The summed E-state index contributed by atoms with van der Waals surface area (Å²) < 4.78 is -0.187. The van der Waals surface area contributed by atoms with Gasteiger partial charge in [0, 0.05) is 9.92 Å². The molecule has 17 heavy (non-hydrogen) atoms. The third-order valence-electron chi connectivity index (χ3n) is 3.26. The molecule has 0 saturated heterocycles. The lowest BCUT2D eigenvalue weighted by Gasteiger charge is -2.42. The molecule has 1 aromatic rings. The number of nitriles is 1. The lowest BCUT2D eigenvalue weighted by atomic mass is 9.73. The number of hydrogen-bond acceptors (Lipinski definition) is 2. The Labute approximate surface area is 112 Å². The van der Waals surface area contributed by atoms with Crippen molar-refractivity contribution in [2.45, 2.75) is 42.2 Å². The van der Waals surface area contributed by atoms with Crippen LogP contribution in [0.25, 0.3) is 0 Å². The number of rotatable bonds is 4. The molecule has 0 bridgehead atoms. The predicted molar refractivity (Wildman–Crippen MR) is 73.3 cm³/mol. The van der Waals surface area contributed by atoms with E-state index in [2.05, 4.69) is 13.0 Å². The Kier molecular flexibility index (Phi) is 4.01. The molecule has 0 amide bonds. The molecule has 1 aliphatic carbocycles. The third-order valence-corrected chi connectivity index (χ3v) is 4.84. The maximum absolute atomic E-state index is 9.34. The highest BCUT2D eigenvalue weighted by Gasteiger charge is 2.44. The van der Waals surface area contributed by atoms with Crippen molar-refractivity contribution in [3.63, 3.8) is 0 Å². The first-order chi connectivity index (χ1) is 8.17. The molecule has 0 atom stereocenters. The second kappa shape index (κ2) is 5.33. The summed E-state index contributed by atoms with van der Waals surface area (Å²) in [5, 5.41) is 10.1. The molecule has 1 aliphatic rings. The van der Waals surface area contributed by atoms with E-state index in [1.807, 2.05) is 24.3 Å². The van der Waals surface area contributed by atoms with Crippen LogP contribution in [-0.2, 0) is 0 Å². The first-order valence-corrected chi connectivity index (χ1v) is 7.23. The molecule has 0 N–H and O–H groups in total. The van der Waals surface area contributed by atoms with E-state index in [4.69, 9.17) is 11.6 Å². The first kappa shape index (κ1) is 12.8. The molecular formula is C14H16ClNS. The second-order valence-corrected chi connectivity index (χ2v) is 6.62. The zero-order valence-corrected chi connectivity index (χ0v) is 11.5. The van der Waals surface area contributed by atoms with Crippen molar-refractivity contribution >= 4 is 23.4 Å². The van der Waals surface area contributed by atoms with Gasteiger partial charge in [0.1, 0.15) is 4.75 Å². The Hall–Kier alpha value is -0.650. The summed E-state index contributed by atoms with van der Waals surface area (Å²) in [6.45, 7) is 2.21. The van der Waals surface area contributed by atoms with Crippen LogP contribution in [0.4, 0.5) is 0 Å². The van der Waals surface area contributed by atoms with E-state index in [1.54, 1.807) is 11.8 Å². The van der Waals surface area contributed by atoms with Crippen molar-refractivity contribution in [2.75, 3.05) is 0 Å². The summed E-state index contributed by atoms with van der Waals surface area (Å²) in [6.07, 6.45) is 4.54. The fraction of sp³-hybridized carbons (Fsp3) is 0.500. The van der Waals surface area contributed by atoms with E-state index in [9.17, 15) is 5.26 Å². The standard InChI is InChI=1S/C14H16ClNS/c1-2-3-11-8-14(9-11,10-16)17-13-6-4-12(15)5-7-13/h4-7,11H,2-3,8-9H2,1H3. The van der Waals surface area contributed by atoms with Gasteiger partial charge < -0.3 is 0 Å². The molecule has 0 radical (unpaired) electrons. The molecule has 0 heterocycles. The van der Waals surface area contributed by atoms with E-state index < -0.39 is 0 Å². The quantitative estimate of drug-likeness (QED) is 0.773. The minimum Gasteiger partial charge on any atom is -0.197 e. The number of thioether (sulfide) groups is 1. The fourth-order valence-electron chi connectivity index (χ4n) is 2.41. The van der Waals surface area contributed by atoms with Gasteiger partial charge in [0.15, 0.2) is 0 Å². The van der Waals surface area contributed by atoms with E-state index in [0.29, 0.717) is 0 Å². The summed E-state index contributed by atoms with van der Waals surface area (Å²) in [6, 6.07) is 10.3. The fourth-order valence-corrected chi connectivity index (χ4v) is 3.94. The van der Waals surface area contributed by atoms with Crippen LogP contribution in [0.3, 0.4) is 0 Å². The normalized spacial score (nSPS) is 27.2. The van der Waals surface area contributed by atoms with Gasteiger partial charge in [-0.3, -0.25) is 0 Å². The molecule has 1 aromatic carbocycles. The van der Waals surface area contributed by atoms with Crippen molar-refractivity contribution in [3.8, 4) is 6.07 Å². The minimum atomic E-state index is -0.187. The SMILES string of the molecule is CCCC1CC(C#N)(Sc2ccc(Cl)cc2)C1. The number of hydrogen-bond donors (Lipinski definition) is 0. The summed E-state index contributed by atoms with van der Waals surface area (Å²) in [5.41, 5.74) is 0. The largest absolute Gasteiger partial charge is 0.197 e. The molecule has 2 rings (SSSR count). The molecule has 3 heteroatoms. The Morgan fingerprint density at radius 1 is 1.41 bits per heavy atom. The molecule has 0 aliphatic heterocycles. The molecule has 0 spiro atoms. The highest BCUT2D eigenvalue weighted by atomic mass is 35.5. The van der Waals surface area contributed by atoms with E-state index >= 15 is 0 Å². The zero-order valence-electron chi connectivity index (χ0n) is 9.95. The average molecular weight is 266 g/mol. The molecule has 1 saturated carbocycles. The van der Waals surface area contributed by atoms with Crippen LogP contribution in [0.2, 0.25) is 5.02 Å². The number of nitrogens with zero attached hydrogens (tertiary/aromatic N) is 1. The van der Waals surface area contributed by atoms with Gasteiger partial charge in [-0.05, 0) is 43.0 Å². The van der Waals surface area contributed by atoms with Crippen molar-refractivity contribution in [1.82, 2.24) is 0 Å². The topological polar surface area (TPSA) is 23.8 Å². The predicted octanol–water partition coefficient (Wildman–Crippen LogP) is 4.90. The van der Waals surface area contributed by atoms with Gasteiger partial charge in [-0.15, -0.1) is 11.8 Å². The van der Waals surface area contributed by atoms with Gasteiger partial charge in [-0.2, -0.15) is 5.26 Å². The van der Waals surface area contributed by atoms with Crippen molar-refractivity contribution in [1.29, 1.82) is 5.26 Å². The molecular weight excluding hydrogens is 250 g/mol. The Bertz CT molecular complexity index is 415. The number of halogens is 1. The van der Waals surface area contributed by atoms with Crippen LogP contribution in [0.15, 0.2) is 29.2 Å². The van der Waals surface area contributed by atoms with Crippen molar-refractivity contribution in [3.05, 3.63) is 29.3 Å². The van der Waals surface area contributed by atoms with Crippen molar-refractivity contribution < 1.29 is 0 Å². The lowest BCUT2D eigenvalue weighted by Crippen LogP contribution is -2.39. The van der Waals surface area contributed by atoms with Crippen LogP contribution < -0.4 is 0 Å². The highest BCUT2D eigenvalue weighted by molar-refractivity contribution is 8.01. The Morgan fingerprint density at radius 3 is 2.59 bits per heavy atom. The summed E-state index contributed by atoms with van der Waals surface area (Å²) in [4.78, 5) is 1.14. The van der Waals surface area contributed by atoms with Gasteiger partial charge in [0.25, 0.3) is 0 Å². The summed E-state index contributed by atoms with van der Waals surface area (Å²) >= 11 is 7.55. The van der Waals surface area contributed by atoms with Gasteiger partial charge in [-0.25, -0.2) is 0 Å². The Balaban J connectivity index is 1.98. The highest BCUT2D eigenvalue weighted by Crippen LogP contribution is 2.51. The third kappa shape index (κ3) is 2.97. The van der Waals surface area contributed by atoms with Crippen molar-refractivity contribution in [2.24, 2.45) is 5.92 Å². The zero-order chi connectivity index (χ0) is 12.3. The maximum Gasteiger partial charge on any atom is 0.108 e. The first-order valence-electron chi connectivity index (χ1n) is 6.03. The monoisotopic (exact) mass is 265 g/mol. The van der Waals surface area contributed by atoms with Gasteiger partial charge >= 0.3 is 0 Å². The summed E-state index contributed by atoms with van der Waals surface area (Å²) in [5.74, 6) is 0.749. The molecule has 0 unspecified atom stereocenters. The lowest BCUT2D eigenvalue weighted by molar-refractivity contribution is 0.258. The van der Waals surface area contributed by atoms with E-state index in [1.165, 1.54) is 12.8 Å². The molecule has 1 nitrogen and oxygen atoms in total. The van der Waals surface area contributed by atoms with Gasteiger partial charge in [0.2, 0.25) is 0 Å². The smallest absolute Gasteiger partial charge is 0.108 e. The molecule has 0 aromatic heterocycles. The molecule has 90 valence electrons. The van der Waals surface area contributed by atoms with Crippen LogP contribution in [0, 0.1) is 17.2 Å². The van der Waals surface area contributed by atoms with E-state index in [0.717, 1.165) is 28.7 Å². The second-order valence-electron chi connectivity index (χ2n) is 4.73. The van der Waals surface area contributed by atoms with E-state index in [-0.39, 0.29) is 4.75 Å². The van der Waals surface area contributed by atoms with Crippen LogP contribution >= 0.6 is 23.4 Å². The Morgan fingerprint density at radius 2 is 2.06 bits per heavy atom. The van der Waals surface area contributed by atoms with Crippen LogP contribution in [0.5, 0.6) is 0 Å². The minimum absolute atomic E-state index is 0.187. The maximum atomic E-state index is 9.34. The van der Waals surface area contributed by atoms with Crippen LogP contribution in [0.1, 0.15) is 32.6 Å². The van der Waals surface area contributed by atoms with Gasteiger partial charge in [0.05, 0.1) is 6.07 Å². The molecule has 1 fully saturated rings.